The maximum Gasteiger partial charge on any atom is 0.208 e. The standard InChI is InChI=1S/C12H11NO5/c13-6-3-1-5(2-4-6)7-8(14)10(16)12(18)11(17)9(7)15/h1-4,14-18H,13H2. The molecule has 0 saturated carbocycles. The molecule has 6 heteroatoms. The lowest BCUT2D eigenvalue weighted by Crippen LogP contribution is -1.86. The van der Waals surface area contributed by atoms with Gasteiger partial charge >= 0.3 is 0 Å². The van der Waals surface area contributed by atoms with Crippen molar-refractivity contribution in [2.75, 3.05) is 5.73 Å². The summed E-state index contributed by atoms with van der Waals surface area (Å²) in [4.78, 5) is 0. The Morgan fingerprint density at radius 3 is 1.44 bits per heavy atom. The summed E-state index contributed by atoms with van der Waals surface area (Å²) in [5.41, 5.74) is 6.11. The Hall–Kier alpha value is -2.76. The Morgan fingerprint density at radius 1 is 0.611 bits per heavy atom. The zero-order chi connectivity index (χ0) is 13.4. The highest BCUT2D eigenvalue weighted by atomic mass is 16.4. The molecule has 2 aromatic rings. The van der Waals surface area contributed by atoms with Gasteiger partial charge in [0, 0.05) is 5.69 Å². The molecule has 0 aliphatic heterocycles. The van der Waals surface area contributed by atoms with Crippen molar-refractivity contribution in [2.45, 2.75) is 0 Å². The van der Waals surface area contributed by atoms with Crippen LogP contribution in [0.4, 0.5) is 5.69 Å². The molecule has 0 aromatic heterocycles. The highest BCUT2D eigenvalue weighted by molar-refractivity contribution is 5.85. The third kappa shape index (κ3) is 1.60. The molecule has 0 saturated heterocycles. The fourth-order valence-electron chi connectivity index (χ4n) is 1.61. The molecule has 94 valence electrons. The van der Waals surface area contributed by atoms with Gasteiger partial charge in [0.2, 0.25) is 17.2 Å². The Labute approximate surface area is 102 Å². The van der Waals surface area contributed by atoms with E-state index in [-0.39, 0.29) is 5.56 Å². The smallest absolute Gasteiger partial charge is 0.208 e. The number of nitrogens with two attached hydrogens (primary N) is 1. The van der Waals surface area contributed by atoms with E-state index in [9.17, 15) is 25.5 Å². The minimum absolute atomic E-state index is 0.192. The van der Waals surface area contributed by atoms with Gasteiger partial charge in [-0.1, -0.05) is 12.1 Å². The van der Waals surface area contributed by atoms with Gasteiger partial charge in [-0.25, -0.2) is 0 Å². The van der Waals surface area contributed by atoms with Crippen molar-refractivity contribution >= 4 is 5.69 Å². The second-order valence-electron chi connectivity index (χ2n) is 3.74. The number of hydrogen-bond acceptors (Lipinski definition) is 6. The highest BCUT2D eigenvalue weighted by Gasteiger charge is 2.23. The Morgan fingerprint density at radius 2 is 1.00 bits per heavy atom. The zero-order valence-corrected chi connectivity index (χ0v) is 9.12. The van der Waals surface area contributed by atoms with Crippen molar-refractivity contribution in [3.63, 3.8) is 0 Å². The second-order valence-corrected chi connectivity index (χ2v) is 3.74. The molecule has 0 radical (unpaired) electrons. The van der Waals surface area contributed by atoms with E-state index in [0.717, 1.165) is 0 Å². The van der Waals surface area contributed by atoms with E-state index in [2.05, 4.69) is 0 Å². The van der Waals surface area contributed by atoms with Crippen LogP contribution in [-0.4, -0.2) is 25.5 Å². The van der Waals surface area contributed by atoms with Crippen molar-refractivity contribution < 1.29 is 25.5 Å². The summed E-state index contributed by atoms with van der Waals surface area (Å²) in [6.07, 6.45) is 0. The van der Waals surface area contributed by atoms with Crippen molar-refractivity contribution in [3.05, 3.63) is 24.3 Å². The number of aromatic hydroxyl groups is 5. The predicted molar refractivity (Wildman–Crippen MR) is 64.6 cm³/mol. The van der Waals surface area contributed by atoms with E-state index in [1.807, 2.05) is 0 Å². The summed E-state index contributed by atoms with van der Waals surface area (Å²) < 4.78 is 0. The first kappa shape index (κ1) is 11.7. The average Bonchev–Trinajstić information content (AvgIpc) is 2.36. The van der Waals surface area contributed by atoms with Gasteiger partial charge in [-0.2, -0.15) is 0 Å². The summed E-state index contributed by atoms with van der Waals surface area (Å²) >= 11 is 0. The van der Waals surface area contributed by atoms with Gasteiger partial charge in [-0.3, -0.25) is 0 Å². The van der Waals surface area contributed by atoms with Crippen molar-refractivity contribution in [1.29, 1.82) is 0 Å². The first-order chi connectivity index (χ1) is 8.43. The number of benzene rings is 2. The van der Waals surface area contributed by atoms with E-state index in [1.165, 1.54) is 24.3 Å². The number of phenols is 5. The molecule has 0 heterocycles. The molecule has 0 atom stereocenters. The van der Waals surface area contributed by atoms with E-state index in [1.54, 1.807) is 0 Å². The molecule has 0 spiro atoms. The lowest BCUT2D eigenvalue weighted by Gasteiger charge is -2.12. The van der Waals surface area contributed by atoms with Gasteiger partial charge in [-0.15, -0.1) is 0 Å². The highest BCUT2D eigenvalue weighted by Crippen LogP contribution is 2.54. The minimum atomic E-state index is -0.982. The number of hydrogen-bond donors (Lipinski definition) is 6. The van der Waals surface area contributed by atoms with E-state index in [4.69, 9.17) is 5.73 Å². The monoisotopic (exact) mass is 249 g/mol. The van der Waals surface area contributed by atoms with E-state index >= 15 is 0 Å². The third-order valence-corrected chi connectivity index (χ3v) is 2.57. The Balaban J connectivity index is 2.75. The largest absolute Gasteiger partial charge is 0.504 e. The van der Waals surface area contributed by atoms with Crippen LogP contribution in [0.2, 0.25) is 0 Å². The zero-order valence-electron chi connectivity index (χ0n) is 9.12. The molecule has 0 amide bonds. The molecule has 2 rings (SSSR count). The molecule has 0 aliphatic rings. The van der Waals surface area contributed by atoms with Crippen molar-refractivity contribution in [1.82, 2.24) is 0 Å². The van der Waals surface area contributed by atoms with Crippen LogP contribution in [0, 0.1) is 0 Å². The molecule has 6 nitrogen and oxygen atoms in total. The number of nitrogen functional groups attached to an aromatic ring is 1. The molecule has 7 N–H and O–H groups in total. The summed E-state index contributed by atoms with van der Waals surface area (Å²) in [6, 6.07) is 6.02. The molecule has 2 aromatic carbocycles. The summed E-state index contributed by atoms with van der Waals surface area (Å²) in [7, 11) is 0. The quantitative estimate of drug-likeness (QED) is 0.258. The summed E-state index contributed by atoms with van der Waals surface area (Å²) in [5, 5.41) is 47.5. The minimum Gasteiger partial charge on any atom is -0.504 e. The van der Waals surface area contributed by atoms with Crippen molar-refractivity contribution in [3.8, 4) is 39.9 Å². The van der Waals surface area contributed by atoms with Gasteiger partial charge in [0.15, 0.2) is 11.5 Å². The topological polar surface area (TPSA) is 127 Å². The first-order valence-electron chi connectivity index (χ1n) is 4.98. The van der Waals surface area contributed by atoms with Crippen LogP contribution in [0.15, 0.2) is 24.3 Å². The van der Waals surface area contributed by atoms with E-state index in [0.29, 0.717) is 11.3 Å². The maximum atomic E-state index is 9.69. The molecule has 0 bridgehead atoms. The SMILES string of the molecule is Nc1ccc(-c2c(O)c(O)c(O)c(O)c2O)cc1. The van der Waals surface area contributed by atoms with Gasteiger partial charge in [0.05, 0.1) is 5.56 Å². The van der Waals surface area contributed by atoms with Gasteiger partial charge in [0.25, 0.3) is 0 Å². The normalized spacial score (nSPS) is 10.4. The fourth-order valence-corrected chi connectivity index (χ4v) is 1.61. The van der Waals surface area contributed by atoms with Crippen LogP contribution in [0.3, 0.4) is 0 Å². The van der Waals surface area contributed by atoms with Crippen LogP contribution in [0.1, 0.15) is 0 Å². The number of phenolic OH excluding ortho intramolecular Hbond substituents is 5. The van der Waals surface area contributed by atoms with Gasteiger partial charge in [-0.05, 0) is 17.7 Å². The summed E-state index contributed by atoms with van der Waals surface area (Å²) in [5.74, 6) is -4.25. The van der Waals surface area contributed by atoms with Crippen molar-refractivity contribution in [2.24, 2.45) is 0 Å². The molecular formula is C12H11NO5. The predicted octanol–water partition coefficient (Wildman–Crippen LogP) is 1.46. The third-order valence-electron chi connectivity index (χ3n) is 2.57. The molecule has 0 fully saturated rings. The van der Waals surface area contributed by atoms with Crippen LogP contribution < -0.4 is 5.73 Å². The molecule has 0 unspecified atom stereocenters. The van der Waals surface area contributed by atoms with Crippen LogP contribution in [0.25, 0.3) is 11.1 Å². The average molecular weight is 249 g/mol. The molecule has 18 heavy (non-hydrogen) atoms. The first-order valence-corrected chi connectivity index (χ1v) is 4.98. The Bertz CT molecular complexity index is 578. The maximum absolute atomic E-state index is 9.69. The Kier molecular flexibility index (Phi) is 2.55. The lowest BCUT2D eigenvalue weighted by molar-refractivity contribution is 0.330. The van der Waals surface area contributed by atoms with E-state index < -0.39 is 28.7 Å². The van der Waals surface area contributed by atoms with Crippen LogP contribution >= 0.6 is 0 Å². The number of anilines is 1. The van der Waals surface area contributed by atoms with Gasteiger partial charge in [0.1, 0.15) is 0 Å². The molecule has 0 aliphatic carbocycles. The molecular weight excluding hydrogens is 238 g/mol. The van der Waals surface area contributed by atoms with Gasteiger partial charge < -0.3 is 31.3 Å². The second kappa shape index (κ2) is 3.92. The number of rotatable bonds is 1. The summed E-state index contributed by atoms with van der Waals surface area (Å²) in [6.45, 7) is 0. The fraction of sp³-hybridized carbons (Fsp3) is 0. The van der Waals surface area contributed by atoms with Crippen LogP contribution in [-0.2, 0) is 0 Å². The lowest BCUT2D eigenvalue weighted by atomic mass is 10.0. The van der Waals surface area contributed by atoms with Crippen LogP contribution in [0.5, 0.6) is 28.7 Å².